The first kappa shape index (κ1) is 13.7. The van der Waals surface area contributed by atoms with Crippen LogP contribution < -0.4 is 0 Å². The van der Waals surface area contributed by atoms with E-state index in [1.54, 1.807) is 30.6 Å². The maximum Gasteiger partial charge on any atom is 0.254 e. The van der Waals surface area contributed by atoms with Crippen molar-refractivity contribution in [1.82, 2.24) is 9.88 Å². The van der Waals surface area contributed by atoms with Crippen molar-refractivity contribution in [2.24, 2.45) is 0 Å². The lowest BCUT2D eigenvalue weighted by atomic mass is 10.1. The molecule has 2 aromatic rings. The average Bonchev–Trinajstić information content (AvgIpc) is 3.33. The van der Waals surface area contributed by atoms with Crippen molar-refractivity contribution < 1.29 is 9.18 Å². The second-order valence-corrected chi connectivity index (χ2v) is 5.35. The molecule has 1 heterocycles. The molecule has 1 fully saturated rings. The maximum atomic E-state index is 13.2. The van der Waals surface area contributed by atoms with Gasteiger partial charge in [0.15, 0.2) is 0 Å². The molecule has 108 valence electrons. The van der Waals surface area contributed by atoms with Crippen molar-refractivity contribution in [2.75, 3.05) is 6.54 Å². The number of nitrogens with zero attached hydrogens (tertiary/aromatic N) is 2. The Balaban J connectivity index is 1.69. The van der Waals surface area contributed by atoms with Crippen LogP contribution in [-0.4, -0.2) is 28.4 Å². The number of benzene rings is 1. The highest BCUT2D eigenvalue weighted by atomic mass is 19.1. The number of hydrogen-bond acceptors (Lipinski definition) is 2. The number of aromatic nitrogens is 1. The zero-order chi connectivity index (χ0) is 14.7. The molecule has 4 heteroatoms. The first-order chi connectivity index (χ1) is 10.2. The van der Waals surface area contributed by atoms with E-state index in [-0.39, 0.29) is 11.7 Å². The third kappa shape index (κ3) is 3.45. The van der Waals surface area contributed by atoms with Gasteiger partial charge in [-0.2, -0.15) is 0 Å². The zero-order valence-corrected chi connectivity index (χ0v) is 11.7. The molecule has 1 aliphatic rings. The van der Waals surface area contributed by atoms with Crippen molar-refractivity contribution in [3.63, 3.8) is 0 Å². The van der Waals surface area contributed by atoms with Crippen molar-refractivity contribution in [2.45, 2.75) is 25.3 Å². The van der Waals surface area contributed by atoms with E-state index in [0.717, 1.165) is 18.4 Å². The number of carbonyl (C=O) groups excluding carboxylic acids is 1. The van der Waals surface area contributed by atoms with E-state index < -0.39 is 0 Å². The Morgan fingerprint density at radius 2 is 2.00 bits per heavy atom. The summed E-state index contributed by atoms with van der Waals surface area (Å²) in [4.78, 5) is 18.4. The fourth-order valence-corrected chi connectivity index (χ4v) is 2.44. The summed E-state index contributed by atoms with van der Waals surface area (Å²) in [6, 6.07) is 10.4. The van der Waals surface area contributed by atoms with Gasteiger partial charge in [0.25, 0.3) is 5.91 Å². The summed E-state index contributed by atoms with van der Waals surface area (Å²) in [6.07, 6.45) is 6.04. The molecule has 1 aromatic heterocycles. The van der Waals surface area contributed by atoms with Crippen LogP contribution in [0.1, 0.15) is 28.8 Å². The van der Waals surface area contributed by atoms with Gasteiger partial charge >= 0.3 is 0 Å². The highest BCUT2D eigenvalue weighted by Gasteiger charge is 2.32. The van der Waals surface area contributed by atoms with Crippen molar-refractivity contribution >= 4 is 5.91 Å². The molecule has 0 spiro atoms. The Morgan fingerprint density at radius 1 is 1.24 bits per heavy atom. The first-order valence-corrected chi connectivity index (χ1v) is 7.19. The number of rotatable bonds is 5. The van der Waals surface area contributed by atoms with E-state index in [0.29, 0.717) is 24.6 Å². The van der Waals surface area contributed by atoms with Crippen molar-refractivity contribution in [1.29, 1.82) is 0 Å². The Kier molecular flexibility index (Phi) is 3.95. The van der Waals surface area contributed by atoms with Gasteiger partial charge in [-0.3, -0.25) is 9.78 Å². The largest absolute Gasteiger partial charge is 0.335 e. The van der Waals surface area contributed by atoms with E-state index in [1.807, 2.05) is 11.0 Å². The van der Waals surface area contributed by atoms with Gasteiger partial charge in [-0.1, -0.05) is 12.1 Å². The van der Waals surface area contributed by atoms with Crippen LogP contribution in [-0.2, 0) is 6.42 Å². The van der Waals surface area contributed by atoms with E-state index in [4.69, 9.17) is 0 Å². The van der Waals surface area contributed by atoms with E-state index in [1.165, 1.54) is 12.1 Å². The standard InChI is InChI=1S/C17H17FN2O/c18-15-3-1-2-13(12-15)8-11-20(16-4-5-16)17(21)14-6-9-19-10-7-14/h1-3,6-7,9-10,12,16H,4-5,8,11H2. The van der Waals surface area contributed by atoms with Gasteiger partial charge in [0.05, 0.1) is 0 Å². The molecule has 3 rings (SSSR count). The second kappa shape index (κ2) is 6.04. The van der Waals surface area contributed by atoms with Gasteiger partial charge in [0, 0.05) is 30.5 Å². The summed E-state index contributed by atoms with van der Waals surface area (Å²) >= 11 is 0. The zero-order valence-electron chi connectivity index (χ0n) is 11.7. The fourth-order valence-electron chi connectivity index (χ4n) is 2.44. The van der Waals surface area contributed by atoms with Crippen LogP contribution >= 0.6 is 0 Å². The van der Waals surface area contributed by atoms with Gasteiger partial charge in [0.2, 0.25) is 0 Å². The summed E-state index contributed by atoms with van der Waals surface area (Å²) in [5.41, 5.74) is 1.58. The van der Waals surface area contributed by atoms with E-state index in [9.17, 15) is 9.18 Å². The van der Waals surface area contributed by atoms with Gasteiger partial charge in [0.1, 0.15) is 5.82 Å². The molecule has 1 aliphatic carbocycles. The lowest BCUT2D eigenvalue weighted by molar-refractivity contribution is 0.0745. The summed E-state index contributed by atoms with van der Waals surface area (Å²) in [5.74, 6) is -0.192. The molecule has 0 radical (unpaired) electrons. The van der Waals surface area contributed by atoms with Gasteiger partial charge < -0.3 is 4.90 Å². The first-order valence-electron chi connectivity index (χ1n) is 7.19. The van der Waals surface area contributed by atoms with Crippen LogP contribution in [0.3, 0.4) is 0 Å². The number of amides is 1. The van der Waals surface area contributed by atoms with Crippen LogP contribution in [0, 0.1) is 5.82 Å². The third-order valence-electron chi connectivity index (χ3n) is 3.71. The molecule has 0 N–H and O–H groups in total. The molecule has 0 aliphatic heterocycles. The Labute approximate surface area is 123 Å². The molecule has 0 unspecified atom stereocenters. The Morgan fingerprint density at radius 3 is 2.67 bits per heavy atom. The minimum Gasteiger partial charge on any atom is -0.335 e. The Hall–Kier alpha value is -2.23. The smallest absolute Gasteiger partial charge is 0.254 e. The summed E-state index contributed by atoms with van der Waals surface area (Å²) in [6.45, 7) is 0.620. The minimum absolute atomic E-state index is 0.0382. The monoisotopic (exact) mass is 284 g/mol. The maximum absolute atomic E-state index is 13.2. The van der Waals surface area contributed by atoms with Crippen LogP contribution in [0.15, 0.2) is 48.8 Å². The molecule has 0 saturated heterocycles. The quantitative estimate of drug-likeness (QED) is 0.845. The van der Waals surface area contributed by atoms with E-state index >= 15 is 0 Å². The number of pyridine rings is 1. The second-order valence-electron chi connectivity index (χ2n) is 5.35. The van der Waals surface area contributed by atoms with Crippen LogP contribution in [0.4, 0.5) is 4.39 Å². The number of carbonyl (C=O) groups is 1. The molecule has 3 nitrogen and oxygen atoms in total. The summed E-state index contributed by atoms with van der Waals surface area (Å²) in [5, 5.41) is 0. The molecule has 1 amide bonds. The molecule has 1 aromatic carbocycles. The lowest BCUT2D eigenvalue weighted by Gasteiger charge is -2.22. The van der Waals surface area contributed by atoms with Gasteiger partial charge in [-0.05, 0) is 49.1 Å². The minimum atomic E-state index is -0.231. The summed E-state index contributed by atoms with van der Waals surface area (Å²) < 4.78 is 13.2. The molecular formula is C17H17FN2O. The SMILES string of the molecule is O=C(c1ccncc1)N(CCc1cccc(F)c1)C1CC1. The van der Waals surface area contributed by atoms with Gasteiger partial charge in [-0.25, -0.2) is 4.39 Å². The number of hydrogen-bond donors (Lipinski definition) is 0. The number of halogens is 1. The summed E-state index contributed by atoms with van der Waals surface area (Å²) in [7, 11) is 0. The van der Waals surface area contributed by atoms with Crippen LogP contribution in [0.2, 0.25) is 0 Å². The topological polar surface area (TPSA) is 33.2 Å². The highest BCUT2D eigenvalue weighted by Crippen LogP contribution is 2.28. The highest BCUT2D eigenvalue weighted by molar-refractivity contribution is 5.94. The predicted molar refractivity (Wildman–Crippen MR) is 78.4 cm³/mol. The third-order valence-corrected chi connectivity index (χ3v) is 3.71. The Bertz CT molecular complexity index is 626. The van der Waals surface area contributed by atoms with Crippen LogP contribution in [0.25, 0.3) is 0 Å². The van der Waals surface area contributed by atoms with Crippen molar-refractivity contribution in [3.05, 3.63) is 65.7 Å². The molecule has 0 atom stereocenters. The predicted octanol–water partition coefficient (Wildman–Crippen LogP) is 3.07. The fraction of sp³-hybridized carbons (Fsp3) is 0.294. The average molecular weight is 284 g/mol. The molecule has 0 bridgehead atoms. The normalized spacial score (nSPS) is 14.0. The lowest BCUT2D eigenvalue weighted by Crippen LogP contribution is -2.34. The van der Waals surface area contributed by atoms with E-state index in [2.05, 4.69) is 4.98 Å². The molecular weight excluding hydrogens is 267 g/mol. The molecule has 21 heavy (non-hydrogen) atoms. The van der Waals surface area contributed by atoms with Gasteiger partial charge in [-0.15, -0.1) is 0 Å². The van der Waals surface area contributed by atoms with Crippen molar-refractivity contribution in [3.8, 4) is 0 Å². The van der Waals surface area contributed by atoms with Crippen LogP contribution in [0.5, 0.6) is 0 Å². The molecule has 1 saturated carbocycles.